The average molecular weight is 434 g/mol. The van der Waals surface area contributed by atoms with Crippen LogP contribution in [-0.4, -0.2) is 20.9 Å². The molecule has 4 rings (SSSR count). The summed E-state index contributed by atoms with van der Waals surface area (Å²) in [5.74, 6) is -0.811. The van der Waals surface area contributed by atoms with Crippen LogP contribution in [-0.2, 0) is 14.8 Å². The molecular weight excluding hydrogens is 418 g/mol. The Morgan fingerprint density at radius 1 is 1.11 bits per heavy atom. The summed E-state index contributed by atoms with van der Waals surface area (Å²) < 4.78 is 33.1. The summed E-state index contributed by atoms with van der Waals surface area (Å²) in [5, 5.41) is 2.10. The molecule has 0 bridgehead atoms. The van der Waals surface area contributed by atoms with E-state index in [9.17, 15) is 13.2 Å². The Labute approximate surface area is 172 Å². The van der Waals surface area contributed by atoms with Gasteiger partial charge in [0.15, 0.2) is 0 Å². The van der Waals surface area contributed by atoms with Gasteiger partial charge in [0, 0.05) is 10.6 Å². The number of anilines is 1. The van der Waals surface area contributed by atoms with Gasteiger partial charge in [-0.1, -0.05) is 35.9 Å². The normalized spacial score (nSPS) is 16.3. The average Bonchev–Trinajstić information content (AvgIpc) is 3.29. The molecule has 0 N–H and O–H groups in total. The minimum Gasteiger partial charge on any atom is -0.494 e. The largest absolute Gasteiger partial charge is 0.494 e. The minimum atomic E-state index is -4.02. The minimum absolute atomic E-state index is 0.112. The van der Waals surface area contributed by atoms with Crippen molar-refractivity contribution in [1.82, 2.24) is 0 Å². The third-order valence-electron chi connectivity index (χ3n) is 4.49. The molecule has 5 nitrogen and oxygen atoms in total. The molecule has 1 unspecified atom stereocenters. The number of hydrogen-bond acceptors (Lipinski definition) is 5. The summed E-state index contributed by atoms with van der Waals surface area (Å²) in [7, 11) is -4.02. The molecule has 0 fully saturated rings. The van der Waals surface area contributed by atoms with Crippen LogP contribution < -0.4 is 9.04 Å². The number of amides is 1. The molecule has 1 aliphatic heterocycles. The van der Waals surface area contributed by atoms with Crippen molar-refractivity contribution in [1.29, 1.82) is 0 Å². The van der Waals surface area contributed by atoms with Gasteiger partial charge in [-0.15, -0.1) is 11.3 Å². The molecule has 2 aromatic carbocycles. The number of sulfonamides is 1. The van der Waals surface area contributed by atoms with Gasteiger partial charge in [0.1, 0.15) is 9.96 Å². The van der Waals surface area contributed by atoms with Gasteiger partial charge in [0.2, 0.25) is 0 Å². The van der Waals surface area contributed by atoms with Crippen molar-refractivity contribution in [3.05, 3.63) is 76.1 Å². The molecule has 8 heteroatoms. The highest BCUT2D eigenvalue weighted by atomic mass is 35.5. The lowest BCUT2D eigenvalue weighted by Gasteiger charge is -2.18. The van der Waals surface area contributed by atoms with Crippen molar-refractivity contribution in [3.8, 4) is 5.75 Å². The lowest BCUT2D eigenvalue weighted by atomic mass is 9.92. The standard InChI is InChI=1S/C20H16ClNO4S2/c1-2-26-17-7-4-3-6-14(17)19-15-12-13(21)9-10-16(15)22(20(19)23)28(24,25)18-8-5-11-27-18/h3-12,19H,2H2,1H3. The zero-order valence-corrected chi connectivity index (χ0v) is 17.2. The van der Waals surface area contributed by atoms with E-state index < -0.39 is 21.8 Å². The second-order valence-electron chi connectivity index (χ2n) is 6.15. The van der Waals surface area contributed by atoms with E-state index in [2.05, 4.69) is 0 Å². The predicted molar refractivity (Wildman–Crippen MR) is 110 cm³/mol. The Bertz CT molecular complexity index is 1140. The molecule has 28 heavy (non-hydrogen) atoms. The first-order chi connectivity index (χ1) is 13.4. The van der Waals surface area contributed by atoms with Crippen LogP contribution in [0.15, 0.2) is 64.2 Å². The van der Waals surface area contributed by atoms with E-state index >= 15 is 0 Å². The highest BCUT2D eigenvalue weighted by Gasteiger charge is 2.46. The smallest absolute Gasteiger partial charge is 0.280 e. The number of nitrogens with zero attached hydrogens (tertiary/aromatic N) is 1. The summed E-state index contributed by atoms with van der Waals surface area (Å²) in [5.41, 5.74) is 1.48. The Morgan fingerprint density at radius 2 is 1.89 bits per heavy atom. The summed E-state index contributed by atoms with van der Waals surface area (Å²) in [4.78, 5) is 13.4. The molecule has 3 aromatic rings. The van der Waals surface area contributed by atoms with E-state index in [1.54, 1.807) is 47.8 Å². The molecule has 0 spiro atoms. The second-order valence-corrected chi connectivity index (χ2v) is 9.54. The molecule has 0 radical (unpaired) electrons. The van der Waals surface area contributed by atoms with Crippen LogP contribution in [0.4, 0.5) is 5.69 Å². The molecule has 0 saturated carbocycles. The highest BCUT2D eigenvalue weighted by molar-refractivity contribution is 7.95. The number of halogens is 1. The quantitative estimate of drug-likeness (QED) is 0.586. The number of hydrogen-bond donors (Lipinski definition) is 0. The molecule has 1 aromatic heterocycles. The first-order valence-electron chi connectivity index (χ1n) is 8.59. The van der Waals surface area contributed by atoms with E-state index in [-0.39, 0.29) is 4.21 Å². The number of carbonyl (C=O) groups is 1. The van der Waals surface area contributed by atoms with E-state index in [4.69, 9.17) is 16.3 Å². The Hall–Kier alpha value is -2.35. The van der Waals surface area contributed by atoms with Gasteiger partial charge >= 0.3 is 0 Å². The molecule has 1 amide bonds. The number of thiophene rings is 1. The van der Waals surface area contributed by atoms with Crippen molar-refractivity contribution in [2.75, 3.05) is 10.9 Å². The Morgan fingerprint density at radius 3 is 2.61 bits per heavy atom. The monoisotopic (exact) mass is 433 g/mol. The topological polar surface area (TPSA) is 63.7 Å². The zero-order chi connectivity index (χ0) is 19.9. The van der Waals surface area contributed by atoms with Gasteiger partial charge in [-0.3, -0.25) is 4.79 Å². The van der Waals surface area contributed by atoms with E-state index in [1.165, 1.54) is 6.07 Å². The zero-order valence-electron chi connectivity index (χ0n) is 14.8. The molecule has 0 aliphatic carbocycles. The first-order valence-corrected chi connectivity index (χ1v) is 11.3. The van der Waals surface area contributed by atoms with Crippen molar-refractivity contribution in [2.24, 2.45) is 0 Å². The van der Waals surface area contributed by atoms with E-state index in [0.717, 1.165) is 15.6 Å². The fraction of sp³-hybridized carbons (Fsp3) is 0.150. The van der Waals surface area contributed by atoms with Crippen LogP contribution in [0.5, 0.6) is 5.75 Å². The van der Waals surface area contributed by atoms with Gasteiger partial charge in [0.25, 0.3) is 15.9 Å². The maximum atomic E-state index is 13.4. The fourth-order valence-electron chi connectivity index (χ4n) is 3.37. The fourth-order valence-corrected chi connectivity index (χ4v) is 6.07. The third kappa shape index (κ3) is 2.99. The maximum absolute atomic E-state index is 13.4. The van der Waals surface area contributed by atoms with Gasteiger partial charge in [0.05, 0.1) is 18.2 Å². The third-order valence-corrected chi connectivity index (χ3v) is 7.81. The van der Waals surface area contributed by atoms with Crippen molar-refractivity contribution in [2.45, 2.75) is 17.1 Å². The number of benzene rings is 2. The molecule has 0 saturated heterocycles. The number of fused-ring (bicyclic) bond motifs is 1. The molecule has 2 heterocycles. The SMILES string of the molecule is CCOc1ccccc1C1C(=O)N(S(=O)(=O)c2cccs2)c2ccc(Cl)cc21. The molecular formula is C20H16ClNO4S2. The maximum Gasteiger partial charge on any atom is 0.280 e. The van der Waals surface area contributed by atoms with Crippen LogP contribution in [0.2, 0.25) is 5.02 Å². The first kappa shape index (κ1) is 19.0. The van der Waals surface area contributed by atoms with Crippen molar-refractivity contribution in [3.63, 3.8) is 0 Å². The van der Waals surface area contributed by atoms with Crippen LogP contribution in [0.25, 0.3) is 0 Å². The van der Waals surface area contributed by atoms with Crippen LogP contribution in [0.3, 0.4) is 0 Å². The van der Waals surface area contributed by atoms with Gasteiger partial charge in [-0.05, 0) is 48.2 Å². The number of ether oxygens (including phenoxy) is 1. The van der Waals surface area contributed by atoms with Gasteiger partial charge < -0.3 is 4.74 Å². The van der Waals surface area contributed by atoms with Crippen LogP contribution in [0.1, 0.15) is 24.0 Å². The molecule has 1 aliphatic rings. The number of para-hydroxylation sites is 1. The van der Waals surface area contributed by atoms with Crippen LogP contribution in [0, 0.1) is 0 Å². The second kappa shape index (κ2) is 7.24. The van der Waals surface area contributed by atoms with Crippen LogP contribution >= 0.6 is 22.9 Å². The highest BCUT2D eigenvalue weighted by Crippen LogP contribution is 2.47. The Kier molecular flexibility index (Phi) is 4.91. The number of rotatable bonds is 5. The number of carbonyl (C=O) groups excluding carboxylic acids is 1. The molecule has 1 atom stereocenters. The predicted octanol–water partition coefficient (Wildman–Crippen LogP) is 4.67. The lowest BCUT2D eigenvalue weighted by Crippen LogP contribution is -2.35. The van der Waals surface area contributed by atoms with Crippen molar-refractivity contribution < 1.29 is 17.9 Å². The van der Waals surface area contributed by atoms with Crippen molar-refractivity contribution >= 4 is 44.6 Å². The summed E-state index contributed by atoms with van der Waals surface area (Å²) in [6.45, 7) is 2.28. The lowest BCUT2D eigenvalue weighted by molar-refractivity contribution is -0.117. The Balaban J connectivity index is 1.92. The molecule has 144 valence electrons. The van der Waals surface area contributed by atoms with Gasteiger partial charge in [-0.2, -0.15) is 8.42 Å². The van der Waals surface area contributed by atoms with E-state index in [0.29, 0.717) is 34.2 Å². The van der Waals surface area contributed by atoms with Gasteiger partial charge in [-0.25, -0.2) is 4.31 Å². The summed E-state index contributed by atoms with van der Waals surface area (Å²) in [6.07, 6.45) is 0. The summed E-state index contributed by atoms with van der Waals surface area (Å²) in [6, 6.07) is 15.1. The summed E-state index contributed by atoms with van der Waals surface area (Å²) >= 11 is 7.25. The van der Waals surface area contributed by atoms with E-state index in [1.807, 2.05) is 13.0 Å².